The van der Waals surface area contributed by atoms with Crippen LogP contribution in [0.4, 0.5) is 0 Å². The lowest BCUT2D eigenvalue weighted by atomic mass is 9.91. The topological polar surface area (TPSA) is 43.8 Å². The maximum atomic E-state index is 5.76. The van der Waals surface area contributed by atoms with Gasteiger partial charge in [-0.1, -0.05) is 20.8 Å². The van der Waals surface area contributed by atoms with Crippen LogP contribution in [0.3, 0.4) is 0 Å². The van der Waals surface area contributed by atoms with Gasteiger partial charge in [0, 0.05) is 24.2 Å². The molecule has 0 amide bonds. The van der Waals surface area contributed by atoms with Crippen molar-refractivity contribution < 1.29 is 0 Å². The summed E-state index contributed by atoms with van der Waals surface area (Å²) in [6.07, 6.45) is 0. The van der Waals surface area contributed by atoms with Crippen LogP contribution >= 0.6 is 0 Å². The third kappa shape index (κ3) is 2.10. The van der Waals surface area contributed by atoms with Crippen LogP contribution in [0.2, 0.25) is 0 Å². The minimum atomic E-state index is 0.0160. The Labute approximate surface area is 79.9 Å². The van der Waals surface area contributed by atoms with E-state index in [9.17, 15) is 0 Å². The van der Waals surface area contributed by atoms with Crippen molar-refractivity contribution in [2.24, 2.45) is 12.8 Å². The number of aryl methyl sites for hydroxylation is 1. The normalized spacial score (nSPS) is 14.6. The standard InChI is InChI=1S/C10H19N3/c1-7(11)8-6-9(10(2,3)4)13(5)12-8/h6-7H,11H2,1-5H3. The van der Waals surface area contributed by atoms with E-state index in [1.807, 2.05) is 18.7 Å². The van der Waals surface area contributed by atoms with E-state index in [4.69, 9.17) is 5.73 Å². The minimum Gasteiger partial charge on any atom is -0.323 e. The van der Waals surface area contributed by atoms with Crippen LogP contribution in [0.15, 0.2) is 6.07 Å². The van der Waals surface area contributed by atoms with Crippen molar-refractivity contribution in [1.82, 2.24) is 9.78 Å². The maximum Gasteiger partial charge on any atom is 0.0791 e. The second kappa shape index (κ2) is 3.14. The molecule has 2 N–H and O–H groups in total. The Morgan fingerprint density at radius 1 is 1.46 bits per heavy atom. The van der Waals surface area contributed by atoms with Crippen LogP contribution in [-0.2, 0) is 12.5 Å². The van der Waals surface area contributed by atoms with Crippen molar-refractivity contribution in [2.45, 2.75) is 39.2 Å². The Hall–Kier alpha value is -0.830. The molecular weight excluding hydrogens is 162 g/mol. The molecule has 1 unspecified atom stereocenters. The van der Waals surface area contributed by atoms with Crippen LogP contribution in [0, 0.1) is 0 Å². The van der Waals surface area contributed by atoms with E-state index in [0.717, 1.165) is 5.69 Å². The van der Waals surface area contributed by atoms with Crippen molar-refractivity contribution >= 4 is 0 Å². The van der Waals surface area contributed by atoms with Crippen molar-refractivity contribution in [3.8, 4) is 0 Å². The van der Waals surface area contributed by atoms with E-state index in [-0.39, 0.29) is 11.5 Å². The zero-order valence-electron chi connectivity index (χ0n) is 9.13. The van der Waals surface area contributed by atoms with Crippen molar-refractivity contribution in [3.05, 3.63) is 17.5 Å². The minimum absolute atomic E-state index is 0.0160. The average molecular weight is 181 g/mol. The van der Waals surface area contributed by atoms with Gasteiger partial charge in [-0.25, -0.2) is 0 Å². The Bertz CT molecular complexity index is 292. The molecule has 1 rings (SSSR count). The van der Waals surface area contributed by atoms with Crippen LogP contribution in [-0.4, -0.2) is 9.78 Å². The van der Waals surface area contributed by atoms with E-state index in [1.54, 1.807) is 0 Å². The molecule has 0 saturated carbocycles. The lowest BCUT2D eigenvalue weighted by Crippen LogP contribution is -2.16. The fourth-order valence-corrected chi connectivity index (χ4v) is 1.41. The third-order valence-electron chi connectivity index (χ3n) is 2.13. The summed E-state index contributed by atoms with van der Waals surface area (Å²) in [4.78, 5) is 0. The third-order valence-corrected chi connectivity index (χ3v) is 2.13. The van der Waals surface area contributed by atoms with Gasteiger partial charge >= 0.3 is 0 Å². The Kier molecular flexibility index (Phi) is 2.48. The molecule has 74 valence electrons. The molecule has 3 heteroatoms. The highest BCUT2D eigenvalue weighted by Crippen LogP contribution is 2.23. The first-order chi connectivity index (χ1) is 5.82. The number of hydrogen-bond acceptors (Lipinski definition) is 2. The van der Waals surface area contributed by atoms with E-state index in [2.05, 4.69) is 31.9 Å². The first-order valence-corrected chi connectivity index (χ1v) is 4.62. The Balaban J connectivity index is 3.11. The van der Waals surface area contributed by atoms with Gasteiger partial charge in [-0.2, -0.15) is 5.10 Å². The first-order valence-electron chi connectivity index (χ1n) is 4.62. The summed E-state index contributed by atoms with van der Waals surface area (Å²) in [7, 11) is 1.96. The van der Waals surface area contributed by atoms with Crippen LogP contribution < -0.4 is 5.73 Å². The molecule has 0 aliphatic rings. The van der Waals surface area contributed by atoms with Crippen molar-refractivity contribution in [2.75, 3.05) is 0 Å². The van der Waals surface area contributed by atoms with Gasteiger partial charge < -0.3 is 5.73 Å². The fourth-order valence-electron chi connectivity index (χ4n) is 1.41. The first kappa shape index (κ1) is 10.3. The molecule has 0 aliphatic carbocycles. The van der Waals surface area contributed by atoms with Gasteiger partial charge in [-0.3, -0.25) is 4.68 Å². The lowest BCUT2D eigenvalue weighted by molar-refractivity contribution is 0.521. The second-order valence-electron chi connectivity index (χ2n) is 4.62. The summed E-state index contributed by atoms with van der Waals surface area (Å²) in [5.41, 5.74) is 8.08. The number of hydrogen-bond donors (Lipinski definition) is 1. The molecule has 3 nitrogen and oxygen atoms in total. The molecule has 0 aliphatic heterocycles. The van der Waals surface area contributed by atoms with E-state index >= 15 is 0 Å². The summed E-state index contributed by atoms with van der Waals surface area (Å²) < 4.78 is 1.92. The quantitative estimate of drug-likeness (QED) is 0.717. The predicted molar refractivity (Wildman–Crippen MR) is 54.5 cm³/mol. The summed E-state index contributed by atoms with van der Waals surface area (Å²) in [5.74, 6) is 0. The summed E-state index contributed by atoms with van der Waals surface area (Å²) >= 11 is 0. The summed E-state index contributed by atoms with van der Waals surface area (Å²) in [5, 5.41) is 4.37. The molecule has 13 heavy (non-hydrogen) atoms. The molecule has 0 bridgehead atoms. The fraction of sp³-hybridized carbons (Fsp3) is 0.700. The monoisotopic (exact) mass is 181 g/mol. The highest BCUT2D eigenvalue weighted by Gasteiger charge is 2.19. The molecule has 1 atom stereocenters. The smallest absolute Gasteiger partial charge is 0.0791 e. The molecular formula is C10H19N3. The summed E-state index contributed by atoms with van der Waals surface area (Å²) in [6, 6.07) is 2.10. The molecule has 0 radical (unpaired) electrons. The molecule has 1 aromatic heterocycles. The zero-order valence-corrected chi connectivity index (χ0v) is 9.13. The number of rotatable bonds is 1. The largest absolute Gasteiger partial charge is 0.323 e. The zero-order chi connectivity index (χ0) is 10.2. The van der Waals surface area contributed by atoms with E-state index < -0.39 is 0 Å². The average Bonchev–Trinajstić information content (AvgIpc) is 2.29. The molecule has 0 spiro atoms. The van der Waals surface area contributed by atoms with Gasteiger partial charge in [0.15, 0.2) is 0 Å². The van der Waals surface area contributed by atoms with Gasteiger partial charge in [0.05, 0.1) is 5.69 Å². The van der Waals surface area contributed by atoms with Gasteiger partial charge in [0.25, 0.3) is 0 Å². The van der Waals surface area contributed by atoms with Crippen molar-refractivity contribution in [3.63, 3.8) is 0 Å². The molecule has 0 saturated heterocycles. The molecule has 0 fully saturated rings. The van der Waals surface area contributed by atoms with Crippen molar-refractivity contribution in [1.29, 1.82) is 0 Å². The van der Waals surface area contributed by atoms with Gasteiger partial charge in [-0.15, -0.1) is 0 Å². The summed E-state index contributed by atoms with van der Waals surface area (Å²) in [6.45, 7) is 8.48. The highest BCUT2D eigenvalue weighted by molar-refractivity contribution is 5.19. The van der Waals surface area contributed by atoms with E-state index in [1.165, 1.54) is 5.69 Å². The molecule has 1 heterocycles. The number of nitrogens with zero attached hydrogens (tertiary/aromatic N) is 2. The Morgan fingerprint density at radius 2 is 2.00 bits per heavy atom. The van der Waals surface area contributed by atoms with Crippen LogP contribution in [0.25, 0.3) is 0 Å². The molecule has 1 aromatic rings. The molecule has 0 aromatic carbocycles. The Morgan fingerprint density at radius 3 is 2.23 bits per heavy atom. The van der Waals surface area contributed by atoms with Gasteiger partial charge in [0.1, 0.15) is 0 Å². The predicted octanol–water partition coefficient (Wildman–Crippen LogP) is 1.74. The maximum absolute atomic E-state index is 5.76. The SMILES string of the molecule is CC(N)c1cc(C(C)(C)C)n(C)n1. The van der Waals surface area contributed by atoms with Gasteiger partial charge in [0.2, 0.25) is 0 Å². The van der Waals surface area contributed by atoms with Gasteiger partial charge in [-0.05, 0) is 13.0 Å². The number of aromatic nitrogens is 2. The second-order valence-corrected chi connectivity index (χ2v) is 4.62. The van der Waals surface area contributed by atoms with E-state index in [0.29, 0.717) is 0 Å². The number of nitrogens with two attached hydrogens (primary N) is 1. The van der Waals surface area contributed by atoms with Crippen LogP contribution in [0.1, 0.15) is 45.1 Å². The lowest BCUT2D eigenvalue weighted by Gasteiger charge is -2.17. The highest BCUT2D eigenvalue weighted by atomic mass is 15.3. The van der Waals surface area contributed by atoms with Crippen LogP contribution in [0.5, 0.6) is 0 Å².